The van der Waals surface area contributed by atoms with Gasteiger partial charge in [-0.2, -0.15) is 0 Å². The summed E-state index contributed by atoms with van der Waals surface area (Å²) in [5, 5.41) is 0. The van der Waals surface area contributed by atoms with Crippen molar-refractivity contribution in [2.24, 2.45) is 0 Å². The van der Waals surface area contributed by atoms with E-state index in [-0.39, 0.29) is 17.9 Å². The molecule has 2 saturated heterocycles. The van der Waals surface area contributed by atoms with Crippen LogP contribution in [-0.2, 0) is 20.7 Å². The molecule has 0 radical (unpaired) electrons. The third kappa shape index (κ3) is 4.61. The number of piperazine rings is 1. The van der Waals surface area contributed by atoms with E-state index in [0.717, 1.165) is 18.8 Å². The minimum Gasteiger partial charge on any atom is -0.469 e. The predicted molar refractivity (Wildman–Crippen MR) is 92.0 cm³/mol. The highest BCUT2D eigenvalue weighted by Gasteiger charge is 2.30. The molecule has 2 aliphatic heterocycles. The maximum absolute atomic E-state index is 12.6. The zero-order valence-corrected chi connectivity index (χ0v) is 14.9. The van der Waals surface area contributed by atoms with Crippen molar-refractivity contribution in [3.8, 4) is 0 Å². The molecule has 7 heteroatoms. The molecule has 25 heavy (non-hydrogen) atoms. The number of nitrogens with zero attached hydrogens (tertiary/aromatic N) is 3. The molecular weight excluding hydrogens is 322 g/mol. The van der Waals surface area contributed by atoms with Crippen LogP contribution in [0.3, 0.4) is 0 Å². The van der Waals surface area contributed by atoms with E-state index in [4.69, 9.17) is 9.15 Å². The van der Waals surface area contributed by atoms with Gasteiger partial charge in [0.05, 0.1) is 25.5 Å². The zero-order chi connectivity index (χ0) is 17.6. The van der Waals surface area contributed by atoms with E-state index < -0.39 is 0 Å². The van der Waals surface area contributed by atoms with Gasteiger partial charge in [-0.05, 0) is 19.1 Å². The number of rotatable bonds is 5. The molecule has 0 saturated carbocycles. The summed E-state index contributed by atoms with van der Waals surface area (Å²) in [6, 6.07) is 3.59. The van der Waals surface area contributed by atoms with E-state index in [2.05, 4.69) is 4.90 Å². The minimum absolute atomic E-state index is 0.140. The van der Waals surface area contributed by atoms with Crippen LogP contribution in [0.5, 0.6) is 0 Å². The molecule has 2 aliphatic rings. The van der Waals surface area contributed by atoms with Gasteiger partial charge in [0.1, 0.15) is 5.76 Å². The van der Waals surface area contributed by atoms with Gasteiger partial charge < -0.3 is 19.0 Å². The van der Waals surface area contributed by atoms with Crippen LogP contribution in [0.1, 0.15) is 19.1 Å². The second-order valence-corrected chi connectivity index (χ2v) is 6.61. The van der Waals surface area contributed by atoms with E-state index in [1.54, 1.807) is 6.26 Å². The van der Waals surface area contributed by atoms with E-state index >= 15 is 0 Å². The fourth-order valence-electron chi connectivity index (χ4n) is 3.41. The second kappa shape index (κ2) is 8.49. The Bertz CT molecular complexity index is 561. The molecule has 0 spiro atoms. The quantitative estimate of drug-likeness (QED) is 0.779. The van der Waals surface area contributed by atoms with Crippen molar-refractivity contribution in [1.82, 2.24) is 14.7 Å². The molecule has 138 valence electrons. The highest BCUT2D eigenvalue weighted by Crippen LogP contribution is 2.12. The Hall–Kier alpha value is -1.86. The normalized spacial score (nSPS) is 20.5. The van der Waals surface area contributed by atoms with Crippen molar-refractivity contribution < 1.29 is 18.7 Å². The van der Waals surface area contributed by atoms with Crippen molar-refractivity contribution in [1.29, 1.82) is 0 Å². The summed E-state index contributed by atoms with van der Waals surface area (Å²) in [5.74, 6) is 1.17. The highest BCUT2D eigenvalue weighted by molar-refractivity contribution is 5.81. The minimum atomic E-state index is -0.140. The van der Waals surface area contributed by atoms with Gasteiger partial charge in [-0.3, -0.25) is 14.5 Å². The van der Waals surface area contributed by atoms with Crippen LogP contribution >= 0.6 is 0 Å². The number of furan rings is 1. The topological polar surface area (TPSA) is 66.2 Å². The Morgan fingerprint density at radius 1 is 1.08 bits per heavy atom. The molecular formula is C18H27N3O4. The molecule has 2 fully saturated rings. The molecule has 7 nitrogen and oxygen atoms in total. The Morgan fingerprint density at radius 2 is 1.80 bits per heavy atom. The summed E-state index contributed by atoms with van der Waals surface area (Å²) in [6.45, 7) is 7.39. The van der Waals surface area contributed by atoms with Gasteiger partial charge in [0.25, 0.3) is 0 Å². The smallest absolute Gasteiger partial charge is 0.239 e. The van der Waals surface area contributed by atoms with Crippen LogP contribution in [0.15, 0.2) is 22.8 Å². The lowest BCUT2D eigenvalue weighted by Gasteiger charge is -2.39. The molecule has 1 aromatic heterocycles. The maximum atomic E-state index is 12.6. The van der Waals surface area contributed by atoms with Gasteiger partial charge in [0.15, 0.2) is 0 Å². The first kappa shape index (κ1) is 17.9. The van der Waals surface area contributed by atoms with E-state index in [1.807, 2.05) is 28.9 Å². The van der Waals surface area contributed by atoms with E-state index in [0.29, 0.717) is 52.2 Å². The number of aryl methyl sites for hydroxylation is 1. The molecule has 2 amide bonds. The first-order valence-electron chi connectivity index (χ1n) is 9.06. The van der Waals surface area contributed by atoms with Gasteiger partial charge in [0, 0.05) is 52.1 Å². The first-order chi connectivity index (χ1) is 12.1. The van der Waals surface area contributed by atoms with Gasteiger partial charge >= 0.3 is 0 Å². The van der Waals surface area contributed by atoms with Crippen LogP contribution in [-0.4, -0.2) is 85.0 Å². The summed E-state index contributed by atoms with van der Waals surface area (Å²) < 4.78 is 10.6. The Kier molecular flexibility index (Phi) is 6.09. The fraction of sp³-hybridized carbons (Fsp3) is 0.667. The van der Waals surface area contributed by atoms with Crippen LogP contribution in [0.4, 0.5) is 0 Å². The average molecular weight is 349 g/mol. The van der Waals surface area contributed by atoms with Crippen molar-refractivity contribution in [2.45, 2.75) is 25.8 Å². The van der Waals surface area contributed by atoms with Crippen molar-refractivity contribution in [3.63, 3.8) is 0 Å². The number of amides is 2. The lowest BCUT2D eigenvalue weighted by atomic mass is 10.1. The third-order valence-electron chi connectivity index (χ3n) is 5.06. The van der Waals surface area contributed by atoms with Crippen LogP contribution in [0.25, 0.3) is 0 Å². The third-order valence-corrected chi connectivity index (χ3v) is 5.06. The number of hydrogen-bond acceptors (Lipinski definition) is 5. The van der Waals surface area contributed by atoms with Gasteiger partial charge in [-0.1, -0.05) is 0 Å². The van der Waals surface area contributed by atoms with Crippen LogP contribution < -0.4 is 0 Å². The molecule has 0 aromatic carbocycles. The lowest BCUT2D eigenvalue weighted by Crippen LogP contribution is -2.56. The summed E-state index contributed by atoms with van der Waals surface area (Å²) in [7, 11) is 0. The standard InChI is InChI=1S/C18H27N3O4/c1-15(18(23)21-10-13-24-14-11-21)19-6-8-20(9-7-19)17(22)5-4-16-3-2-12-25-16/h2-3,12,15H,4-11,13-14H2,1H3. The lowest BCUT2D eigenvalue weighted by molar-refractivity contribution is -0.142. The number of hydrogen-bond donors (Lipinski definition) is 0. The maximum Gasteiger partial charge on any atom is 0.239 e. The molecule has 3 heterocycles. The zero-order valence-electron chi connectivity index (χ0n) is 14.9. The molecule has 0 bridgehead atoms. The fourth-order valence-corrected chi connectivity index (χ4v) is 3.41. The molecule has 3 rings (SSSR count). The number of ether oxygens (including phenoxy) is 1. The van der Waals surface area contributed by atoms with Gasteiger partial charge in [-0.25, -0.2) is 0 Å². The monoisotopic (exact) mass is 349 g/mol. The van der Waals surface area contributed by atoms with Crippen molar-refractivity contribution in [3.05, 3.63) is 24.2 Å². The van der Waals surface area contributed by atoms with Crippen LogP contribution in [0, 0.1) is 0 Å². The summed E-state index contributed by atoms with van der Waals surface area (Å²) in [5.41, 5.74) is 0. The Balaban J connectivity index is 1.42. The van der Waals surface area contributed by atoms with Crippen LogP contribution in [0.2, 0.25) is 0 Å². The molecule has 0 N–H and O–H groups in total. The van der Waals surface area contributed by atoms with Gasteiger partial charge in [0.2, 0.25) is 11.8 Å². The summed E-state index contributed by atoms with van der Waals surface area (Å²) in [6.07, 6.45) is 2.74. The largest absolute Gasteiger partial charge is 0.469 e. The average Bonchev–Trinajstić information content (AvgIpc) is 3.19. The van der Waals surface area contributed by atoms with E-state index in [9.17, 15) is 9.59 Å². The number of carbonyl (C=O) groups excluding carboxylic acids is 2. The van der Waals surface area contributed by atoms with Crippen molar-refractivity contribution in [2.75, 3.05) is 52.5 Å². The SMILES string of the molecule is CC(C(=O)N1CCOCC1)N1CCN(C(=O)CCc2ccco2)CC1. The van der Waals surface area contributed by atoms with Gasteiger partial charge in [-0.15, -0.1) is 0 Å². The number of carbonyl (C=O) groups is 2. The molecule has 1 aromatic rings. The van der Waals surface area contributed by atoms with E-state index in [1.165, 1.54) is 0 Å². The second-order valence-electron chi connectivity index (χ2n) is 6.61. The predicted octanol–water partition coefficient (Wildman–Crippen LogP) is 0.604. The molecule has 0 aliphatic carbocycles. The highest BCUT2D eigenvalue weighted by atomic mass is 16.5. The summed E-state index contributed by atoms with van der Waals surface area (Å²) in [4.78, 5) is 30.9. The number of morpholine rings is 1. The molecule has 1 unspecified atom stereocenters. The Labute approximate surface area is 148 Å². The summed E-state index contributed by atoms with van der Waals surface area (Å²) >= 11 is 0. The van der Waals surface area contributed by atoms with Crippen molar-refractivity contribution >= 4 is 11.8 Å². The Morgan fingerprint density at radius 3 is 2.44 bits per heavy atom. The first-order valence-corrected chi connectivity index (χ1v) is 9.06. The molecule has 1 atom stereocenters.